The molecule has 0 aliphatic carbocycles. The minimum Gasteiger partial charge on any atom is -0.406 e. The molecule has 0 aromatic heterocycles. The maximum Gasteiger partial charge on any atom is 0.573 e. The Kier molecular flexibility index (Phi) is 5.47. The van der Waals surface area contributed by atoms with Gasteiger partial charge < -0.3 is 10.1 Å². The van der Waals surface area contributed by atoms with Crippen LogP contribution in [0, 0.1) is 0 Å². The molecule has 1 unspecified atom stereocenters. The van der Waals surface area contributed by atoms with Crippen LogP contribution in [0.1, 0.15) is 25.3 Å². The average Bonchev–Trinajstić information content (AvgIpc) is 2.89. The SMILES string of the molecule is CCN(Cc1cccc(OC(F)(F)F)c1)CC1CCCN1. The van der Waals surface area contributed by atoms with Crippen molar-refractivity contribution in [2.75, 3.05) is 19.6 Å². The number of rotatable bonds is 6. The molecule has 1 aliphatic heterocycles. The first kappa shape index (κ1) is 16.1. The highest BCUT2D eigenvalue weighted by Crippen LogP contribution is 2.24. The van der Waals surface area contributed by atoms with E-state index in [0.29, 0.717) is 12.6 Å². The summed E-state index contributed by atoms with van der Waals surface area (Å²) in [6, 6.07) is 6.69. The fraction of sp³-hybridized carbons (Fsp3) is 0.600. The van der Waals surface area contributed by atoms with Crippen molar-refractivity contribution in [1.29, 1.82) is 0 Å². The minimum atomic E-state index is -4.64. The van der Waals surface area contributed by atoms with Gasteiger partial charge in [-0.2, -0.15) is 0 Å². The van der Waals surface area contributed by atoms with Crippen LogP contribution in [0.4, 0.5) is 13.2 Å². The topological polar surface area (TPSA) is 24.5 Å². The Morgan fingerprint density at radius 1 is 1.38 bits per heavy atom. The zero-order valence-corrected chi connectivity index (χ0v) is 12.1. The normalized spacial score (nSPS) is 19.2. The monoisotopic (exact) mass is 302 g/mol. The highest BCUT2D eigenvalue weighted by molar-refractivity contribution is 5.28. The smallest absolute Gasteiger partial charge is 0.406 e. The van der Waals surface area contributed by atoms with Gasteiger partial charge in [-0.05, 0) is 43.6 Å². The van der Waals surface area contributed by atoms with Crippen LogP contribution in [0.5, 0.6) is 5.75 Å². The molecular weight excluding hydrogens is 281 g/mol. The predicted octanol–water partition coefficient (Wildman–Crippen LogP) is 3.16. The van der Waals surface area contributed by atoms with Crippen molar-refractivity contribution in [2.45, 2.75) is 38.7 Å². The summed E-state index contributed by atoms with van der Waals surface area (Å²) < 4.78 is 40.7. The molecule has 0 spiro atoms. The first-order chi connectivity index (χ1) is 9.96. The van der Waals surface area contributed by atoms with E-state index in [4.69, 9.17) is 0 Å². The van der Waals surface area contributed by atoms with E-state index in [2.05, 4.69) is 21.9 Å². The number of benzene rings is 1. The van der Waals surface area contributed by atoms with E-state index < -0.39 is 6.36 Å². The van der Waals surface area contributed by atoms with Crippen molar-refractivity contribution in [3.63, 3.8) is 0 Å². The van der Waals surface area contributed by atoms with E-state index >= 15 is 0 Å². The summed E-state index contributed by atoms with van der Waals surface area (Å²) in [5.41, 5.74) is 0.830. The largest absolute Gasteiger partial charge is 0.573 e. The molecular formula is C15H21F3N2O. The van der Waals surface area contributed by atoms with Gasteiger partial charge in [-0.1, -0.05) is 19.1 Å². The fourth-order valence-electron chi connectivity index (χ4n) is 2.63. The van der Waals surface area contributed by atoms with E-state index in [1.54, 1.807) is 6.07 Å². The number of alkyl halides is 3. The molecule has 3 nitrogen and oxygen atoms in total. The predicted molar refractivity (Wildman–Crippen MR) is 75.1 cm³/mol. The second-order valence-corrected chi connectivity index (χ2v) is 5.32. The summed E-state index contributed by atoms with van der Waals surface area (Å²) in [5.74, 6) is -0.157. The van der Waals surface area contributed by atoms with E-state index in [1.165, 1.54) is 18.6 Å². The summed E-state index contributed by atoms with van der Waals surface area (Å²) in [5, 5.41) is 3.43. The Bertz CT molecular complexity index is 445. The van der Waals surface area contributed by atoms with Gasteiger partial charge >= 0.3 is 6.36 Å². The standard InChI is InChI=1S/C15H21F3N2O/c1-2-20(11-13-6-4-8-19-13)10-12-5-3-7-14(9-12)21-15(16,17)18/h3,5,7,9,13,19H,2,4,6,8,10-11H2,1H3. The van der Waals surface area contributed by atoms with Crippen molar-refractivity contribution < 1.29 is 17.9 Å². The van der Waals surface area contributed by atoms with Crippen molar-refractivity contribution in [1.82, 2.24) is 10.2 Å². The Balaban J connectivity index is 1.95. The highest BCUT2D eigenvalue weighted by atomic mass is 19.4. The lowest BCUT2D eigenvalue weighted by Crippen LogP contribution is -2.37. The molecule has 0 radical (unpaired) electrons. The lowest BCUT2D eigenvalue weighted by Gasteiger charge is -2.24. The Morgan fingerprint density at radius 3 is 2.81 bits per heavy atom. The van der Waals surface area contributed by atoms with Crippen molar-refractivity contribution in [2.24, 2.45) is 0 Å². The van der Waals surface area contributed by atoms with Crippen LogP contribution in [-0.2, 0) is 6.54 Å². The van der Waals surface area contributed by atoms with Gasteiger partial charge in [0.1, 0.15) is 5.75 Å². The number of hydrogen-bond donors (Lipinski definition) is 1. The fourth-order valence-corrected chi connectivity index (χ4v) is 2.63. The molecule has 2 rings (SSSR count). The minimum absolute atomic E-state index is 0.157. The van der Waals surface area contributed by atoms with Crippen LogP contribution in [0.15, 0.2) is 24.3 Å². The molecule has 1 atom stereocenters. The van der Waals surface area contributed by atoms with Crippen molar-refractivity contribution >= 4 is 0 Å². The van der Waals surface area contributed by atoms with Gasteiger partial charge in [-0.3, -0.25) is 4.90 Å². The molecule has 0 saturated carbocycles. The Labute approximate surface area is 123 Å². The summed E-state index contributed by atoms with van der Waals surface area (Å²) in [6.45, 7) is 5.52. The van der Waals surface area contributed by atoms with Crippen LogP contribution in [0.25, 0.3) is 0 Å². The molecule has 1 fully saturated rings. The van der Waals surface area contributed by atoms with Crippen molar-refractivity contribution in [3.8, 4) is 5.75 Å². The molecule has 6 heteroatoms. The second-order valence-electron chi connectivity index (χ2n) is 5.32. The van der Waals surface area contributed by atoms with Gasteiger partial charge in [-0.25, -0.2) is 0 Å². The molecule has 0 bridgehead atoms. The van der Waals surface area contributed by atoms with Gasteiger partial charge in [0.05, 0.1) is 0 Å². The first-order valence-electron chi connectivity index (χ1n) is 7.26. The van der Waals surface area contributed by atoms with E-state index in [1.807, 2.05) is 6.07 Å². The average molecular weight is 302 g/mol. The number of ether oxygens (including phenoxy) is 1. The van der Waals surface area contributed by atoms with Gasteiger partial charge in [0.2, 0.25) is 0 Å². The zero-order valence-electron chi connectivity index (χ0n) is 12.1. The molecule has 1 saturated heterocycles. The number of nitrogens with one attached hydrogen (secondary N) is 1. The summed E-state index contributed by atoms with van der Waals surface area (Å²) >= 11 is 0. The van der Waals surface area contributed by atoms with Crippen LogP contribution >= 0.6 is 0 Å². The lowest BCUT2D eigenvalue weighted by molar-refractivity contribution is -0.274. The van der Waals surface area contributed by atoms with Crippen LogP contribution in [-0.4, -0.2) is 36.9 Å². The number of halogens is 3. The summed E-state index contributed by atoms with van der Waals surface area (Å²) in [4.78, 5) is 2.23. The zero-order chi connectivity index (χ0) is 15.3. The van der Waals surface area contributed by atoms with E-state index in [9.17, 15) is 13.2 Å². The number of hydrogen-bond acceptors (Lipinski definition) is 3. The Morgan fingerprint density at radius 2 is 2.19 bits per heavy atom. The molecule has 118 valence electrons. The summed E-state index contributed by atoms with van der Waals surface area (Å²) in [6.07, 6.45) is -2.29. The van der Waals surface area contributed by atoms with Gasteiger partial charge in [-0.15, -0.1) is 13.2 Å². The van der Waals surface area contributed by atoms with Crippen LogP contribution < -0.4 is 10.1 Å². The van der Waals surface area contributed by atoms with Crippen LogP contribution in [0.3, 0.4) is 0 Å². The van der Waals surface area contributed by atoms with Crippen LogP contribution in [0.2, 0.25) is 0 Å². The second kappa shape index (κ2) is 7.13. The van der Waals surface area contributed by atoms with Crippen molar-refractivity contribution in [3.05, 3.63) is 29.8 Å². The molecule has 1 N–H and O–H groups in total. The molecule has 1 aromatic carbocycles. The molecule has 1 aromatic rings. The first-order valence-corrected chi connectivity index (χ1v) is 7.26. The van der Waals surface area contributed by atoms with Gasteiger partial charge in [0, 0.05) is 19.1 Å². The number of likely N-dealkylation sites (N-methyl/N-ethyl adjacent to an activating group) is 1. The van der Waals surface area contributed by atoms with E-state index in [0.717, 1.165) is 31.6 Å². The third-order valence-corrected chi connectivity index (χ3v) is 3.63. The van der Waals surface area contributed by atoms with Gasteiger partial charge in [0.25, 0.3) is 0 Å². The molecule has 1 aliphatic rings. The maximum atomic E-state index is 12.2. The lowest BCUT2D eigenvalue weighted by atomic mass is 10.1. The molecule has 0 amide bonds. The quantitative estimate of drug-likeness (QED) is 0.873. The third kappa shape index (κ3) is 5.55. The maximum absolute atomic E-state index is 12.2. The molecule has 21 heavy (non-hydrogen) atoms. The third-order valence-electron chi connectivity index (χ3n) is 3.63. The van der Waals surface area contributed by atoms with E-state index in [-0.39, 0.29) is 5.75 Å². The Hall–Kier alpha value is -1.27. The summed E-state index contributed by atoms with van der Waals surface area (Å²) in [7, 11) is 0. The van der Waals surface area contributed by atoms with Gasteiger partial charge in [0.15, 0.2) is 0 Å². The highest BCUT2D eigenvalue weighted by Gasteiger charge is 2.31. The number of nitrogens with zero attached hydrogens (tertiary/aromatic N) is 1. The molecule has 1 heterocycles.